The summed E-state index contributed by atoms with van der Waals surface area (Å²) in [6, 6.07) is 2.03. The number of aromatic nitrogens is 1. The van der Waals surface area contributed by atoms with E-state index in [9.17, 15) is 0 Å². The van der Waals surface area contributed by atoms with E-state index in [2.05, 4.69) is 35.6 Å². The van der Waals surface area contributed by atoms with E-state index >= 15 is 0 Å². The molecule has 0 aliphatic carbocycles. The zero-order chi connectivity index (χ0) is 13.8. The second kappa shape index (κ2) is 6.35. The minimum absolute atomic E-state index is 0.0658. The summed E-state index contributed by atoms with van der Waals surface area (Å²) in [4.78, 5) is 9.39. The van der Waals surface area contributed by atoms with E-state index in [-0.39, 0.29) is 6.61 Å². The SMILES string of the molecule is Cc1cc(CO)cnc1N1CCN(CC(C)C)CC1. The molecule has 106 valence electrons. The van der Waals surface area contributed by atoms with Crippen molar-refractivity contribution in [3.05, 3.63) is 23.4 Å². The van der Waals surface area contributed by atoms with Crippen LogP contribution in [0.5, 0.6) is 0 Å². The predicted octanol–water partition coefficient (Wildman–Crippen LogP) is 1.66. The van der Waals surface area contributed by atoms with Crippen molar-refractivity contribution in [2.75, 3.05) is 37.6 Å². The molecule has 1 N–H and O–H groups in total. The zero-order valence-corrected chi connectivity index (χ0v) is 12.3. The summed E-state index contributed by atoms with van der Waals surface area (Å²) < 4.78 is 0. The van der Waals surface area contributed by atoms with Gasteiger partial charge in [-0.2, -0.15) is 0 Å². The van der Waals surface area contributed by atoms with E-state index in [0.29, 0.717) is 0 Å². The van der Waals surface area contributed by atoms with Gasteiger partial charge in [-0.15, -0.1) is 0 Å². The van der Waals surface area contributed by atoms with Crippen LogP contribution in [0.2, 0.25) is 0 Å². The molecule has 0 radical (unpaired) electrons. The van der Waals surface area contributed by atoms with Crippen LogP contribution in [-0.4, -0.2) is 47.7 Å². The van der Waals surface area contributed by atoms with Crippen LogP contribution in [0.1, 0.15) is 25.0 Å². The third kappa shape index (κ3) is 3.67. The van der Waals surface area contributed by atoms with Gasteiger partial charge in [0.05, 0.1) is 6.61 Å². The average molecular weight is 263 g/mol. The fourth-order valence-corrected chi connectivity index (χ4v) is 2.70. The van der Waals surface area contributed by atoms with Gasteiger partial charge in [0, 0.05) is 38.9 Å². The van der Waals surface area contributed by atoms with Gasteiger partial charge < -0.3 is 10.0 Å². The van der Waals surface area contributed by atoms with E-state index in [1.807, 2.05) is 6.07 Å². The smallest absolute Gasteiger partial charge is 0.131 e. The lowest BCUT2D eigenvalue weighted by atomic mass is 10.1. The molecule has 1 fully saturated rings. The van der Waals surface area contributed by atoms with E-state index in [1.54, 1.807) is 6.20 Å². The molecule has 1 aliphatic heterocycles. The van der Waals surface area contributed by atoms with Gasteiger partial charge in [-0.3, -0.25) is 4.90 Å². The highest BCUT2D eigenvalue weighted by Gasteiger charge is 2.19. The summed E-state index contributed by atoms with van der Waals surface area (Å²) in [7, 11) is 0. The summed E-state index contributed by atoms with van der Waals surface area (Å²) in [5.41, 5.74) is 2.04. The fraction of sp³-hybridized carbons (Fsp3) is 0.667. The lowest BCUT2D eigenvalue weighted by Gasteiger charge is -2.36. The van der Waals surface area contributed by atoms with E-state index in [0.717, 1.165) is 49.0 Å². The molecule has 19 heavy (non-hydrogen) atoms. The number of piperazine rings is 1. The zero-order valence-electron chi connectivity index (χ0n) is 12.3. The Hall–Kier alpha value is -1.13. The van der Waals surface area contributed by atoms with Crippen LogP contribution >= 0.6 is 0 Å². The second-order valence-corrected chi connectivity index (χ2v) is 5.82. The second-order valence-electron chi connectivity index (χ2n) is 5.82. The van der Waals surface area contributed by atoms with Crippen molar-refractivity contribution in [1.29, 1.82) is 0 Å². The van der Waals surface area contributed by atoms with Gasteiger partial charge in [0.15, 0.2) is 0 Å². The van der Waals surface area contributed by atoms with Gasteiger partial charge >= 0.3 is 0 Å². The third-order valence-electron chi connectivity index (χ3n) is 3.59. The van der Waals surface area contributed by atoms with Gasteiger partial charge in [-0.25, -0.2) is 4.98 Å². The molecule has 4 nitrogen and oxygen atoms in total. The Morgan fingerprint density at radius 2 is 1.95 bits per heavy atom. The molecule has 0 unspecified atom stereocenters. The van der Waals surface area contributed by atoms with E-state index in [1.165, 1.54) is 6.54 Å². The molecule has 1 aromatic rings. The standard InChI is InChI=1S/C15H25N3O/c1-12(2)10-17-4-6-18(7-5-17)15-13(3)8-14(11-19)9-16-15/h8-9,12,19H,4-7,10-11H2,1-3H3. The fourth-order valence-electron chi connectivity index (χ4n) is 2.70. The number of hydrogen-bond donors (Lipinski definition) is 1. The van der Waals surface area contributed by atoms with Crippen LogP contribution in [0.15, 0.2) is 12.3 Å². The Morgan fingerprint density at radius 1 is 1.26 bits per heavy atom. The first-order valence-electron chi connectivity index (χ1n) is 7.14. The highest BCUT2D eigenvalue weighted by molar-refractivity contribution is 5.47. The average Bonchev–Trinajstić information content (AvgIpc) is 2.39. The Morgan fingerprint density at radius 3 is 2.47 bits per heavy atom. The molecule has 1 saturated heterocycles. The first kappa shape index (κ1) is 14.3. The van der Waals surface area contributed by atoms with E-state index in [4.69, 9.17) is 5.11 Å². The van der Waals surface area contributed by atoms with Gasteiger partial charge in [-0.1, -0.05) is 13.8 Å². The van der Waals surface area contributed by atoms with E-state index < -0.39 is 0 Å². The lowest BCUT2D eigenvalue weighted by molar-refractivity contribution is 0.231. The lowest BCUT2D eigenvalue weighted by Crippen LogP contribution is -2.47. The topological polar surface area (TPSA) is 39.6 Å². The van der Waals surface area contributed by atoms with Crippen molar-refractivity contribution in [3.63, 3.8) is 0 Å². The first-order valence-corrected chi connectivity index (χ1v) is 7.14. The summed E-state index contributed by atoms with van der Waals surface area (Å²) in [6.45, 7) is 12.2. The summed E-state index contributed by atoms with van der Waals surface area (Å²) in [5, 5.41) is 9.12. The van der Waals surface area contributed by atoms with Crippen LogP contribution < -0.4 is 4.90 Å². The Kier molecular flexibility index (Phi) is 4.77. The predicted molar refractivity (Wildman–Crippen MR) is 78.4 cm³/mol. The van der Waals surface area contributed by atoms with Gasteiger partial charge in [0.1, 0.15) is 5.82 Å². The van der Waals surface area contributed by atoms with Crippen molar-refractivity contribution in [2.24, 2.45) is 5.92 Å². The summed E-state index contributed by atoms with van der Waals surface area (Å²) in [6.07, 6.45) is 1.78. The van der Waals surface area contributed by atoms with Gasteiger partial charge in [0.25, 0.3) is 0 Å². The van der Waals surface area contributed by atoms with Crippen molar-refractivity contribution in [3.8, 4) is 0 Å². The molecule has 0 amide bonds. The molecule has 2 rings (SSSR count). The number of nitrogens with zero attached hydrogens (tertiary/aromatic N) is 3. The molecular formula is C15H25N3O. The van der Waals surface area contributed by atoms with Crippen molar-refractivity contribution in [1.82, 2.24) is 9.88 Å². The molecule has 1 aromatic heterocycles. The van der Waals surface area contributed by atoms with Crippen molar-refractivity contribution < 1.29 is 5.11 Å². The van der Waals surface area contributed by atoms with Crippen LogP contribution in [-0.2, 0) is 6.61 Å². The maximum Gasteiger partial charge on any atom is 0.131 e. The molecule has 0 spiro atoms. The van der Waals surface area contributed by atoms with Crippen molar-refractivity contribution in [2.45, 2.75) is 27.4 Å². The van der Waals surface area contributed by atoms with Gasteiger partial charge in [-0.05, 0) is 30.0 Å². The van der Waals surface area contributed by atoms with Crippen molar-refractivity contribution >= 4 is 5.82 Å². The maximum absolute atomic E-state index is 9.12. The first-order chi connectivity index (χ1) is 9.10. The monoisotopic (exact) mass is 263 g/mol. The largest absolute Gasteiger partial charge is 0.392 e. The summed E-state index contributed by atoms with van der Waals surface area (Å²) >= 11 is 0. The van der Waals surface area contributed by atoms with Crippen LogP contribution in [0.4, 0.5) is 5.82 Å². The normalized spacial score (nSPS) is 17.2. The minimum Gasteiger partial charge on any atom is -0.392 e. The van der Waals surface area contributed by atoms with Gasteiger partial charge in [0.2, 0.25) is 0 Å². The minimum atomic E-state index is 0.0658. The molecule has 0 saturated carbocycles. The third-order valence-corrected chi connectivity index (χ3v) is 3.59. The molecule has 0 bridgehead atoms. The van der Waals surface area contributed by atoms with Crippen LogP contribution in [0.25, 0.3) is 0 Å². The number of anilines is 1. The quantitative estimate of drug-likeness (QED) is 0.897. The number of rotatable bonds is 4. The number of aliphatic hydroxyl groups is 1. The number of hydrogen-bond acceptors (Lipinski definition) is 4. The maximum atomic E-state index is 9.12. The Bertz CT molecular complexity index is 412. The highest BCUT2D eigenvalue weighted by atomic mass is 16.3. The van der Waals surface area contributed by atoms with Crippen LogP contribution in [0.3, 0.4) is 0 Å². The molecule has 4 heteroatoms. The Balaban J connectivity index is 1.97. The molecule has 0 aromatic carbocycles. The Labute approximate surface area is 116 Å². The number of aliphatic hydroxyl groups excluding tert-OH is 1. The molecule has 2 heterocycles. The molecule has 0 atom stereocenters. The molecular weight excluding hydrogens is 238 g/mol. The summed E-state index contributed by atoms with van der Waals surface area (Å²) in [5.74, 6) is 1.80. The van der Waals surface area contributed by atoms with Crippen LogP contribution in [0, 0.1) is 12.8 Å². The number of aryl methyl sites for hydroxylation is 1. The highest BCUT2D eigenvalue weighted by Crippen LogP contribution is 2.19. The molecule has 1 aliphatic rings. The number of pyridine rings is 1.